The number of nitro groups is 1. The third kappa shape index (κ3) is 7.70. The van der Waals surface area contributed by atoms with Gasteiger partial charge in [0.15, 0.2) is 0 Å². The van der Waals surface area contributed by atoms with Crippen LogP contribution >= 0.6 is 0 Å². The molecule has 7 heteroatoms. The molecule has 0 spiro atoms. The van der Waals surface area contributed by atoms with E-state index >= 15 is 0 Å². The summed E-state index contributed by atoms with van der Waals surface area (Å²) in [6.45, 7) is 0. The molecule has 0 unspecified atom stereocenters. The molecule has 54 valence electrons. The van der Waals surface area contributed by atoms with Crippen LogP contribution < -0.4 is 29.6 Å². The van der Waals surface area contributed by atoms with Crippen molar-refractivity contribution in [2.24, 2.45) is 0 Å². The molecule has 1 amide bonds. The summed E-state index contributed by atoms with van der Waals surface area (Å²) in [5.41, 5.74) is 0. The SMILES string of the molecule is O.O=CCC(=O)[N+](=O)[O-].[H-].[Na+]. The molecule has 0 aliphatic carbocycles. The predicted octanol–water partition coefficient (Wildman–Crippen LogP) is -4.33. The third-order valence-corrected chi connectivity index (χ3v) is 0.462. The number of aldehydes is 1. The Morgan fingerprint density at radius 1 is 1.70 bits per heavy atom. The van der Waals surface area contributed by atoms with Crippen LogP contribution in [0.3, 0.4) is 0 Å². The minimum absolute atomic E-state index is 0. The van der Waals surface area contributed by atoms with Crippen LogP contribution in [0.25, 0.3) is 0 Å². The van der Waals surface area contributed by atoms with Crippen LogP contribution in [0.4, 0.5) is 0 Å². The minimum Gasteiger partial charge on any atom is -1.00 e. The van der Waals surface area contributed by atoms with Gasteiger partial charge < -0.3 is 11.7 Å². The van der Waals surface area contributed by atoms with Crippen LogP contribution in [0, 0.1) is 10.1 Å². The Kier molecular flexibility index (Phi) is 14.2. The van der Waals surface area contributed by atoms with E-state index in [1.54, 1.807) is 0 Å². The molecule has 0 aliphatic rings. The first-order valence-electron chi connectivity index (χ1n) is 1.79. The zero-order valence-corrected chi connectivity index (χ0v) is 7.36. The van der Waals surface area contributed by atoms with Crippen molar-refractivity contribution >= 4 is 12.2 Å². The van der Waals surface area contributed by atoms with Crippen LogP contribution in [0.5, 0.6) is 0 Å². The van der Waals surface area contributed by atoms with E-state index in [0.717, 1.165) is 0 Å². The normalized spacial score (nSPS) is 6.40. The van der Waals surface area contributed by atoms with Gasteiger partial charge in [0.2, 0.25) is 0 Å². The Balaban J connectivity index is -0.0000000817. The molecule has 0 aromatic heterocycles. The van der Waals surface area contributed by atoms with E-state index in [4.69, 9.17) is 0 Å². The molecule has 0 radical (unpaired) electrons. The topological polar surface area (TPSA) is 109 Å². The maximum absolute atomic E-state index is 9.81. The van der Waals surface area contributed by atoms with Gasteiger partial charge >= 0.3 is 35.5 Å². The summed E-state index contributed by atoms with van der Waals surface area (Å²) in [4.78, 5) is 27.5. The molecular formula is C3H6NNaO5. The number of hydrogen-bond acceptors (Lipinski definition) is 4. The minimum atomic E-state index is -1.26. The molecule has 0 atom stereocenters. The Morgan fingerprint density at radius 3 is 2.20 bits per heavy atom. The zero-order chi connectivity index (χ0) is 6.57. The van der Waals surface area contributed by atoms with Crippen LogP contribution in [0.2, 0.25) is 0 Å². The Hall–Kier alpha value is -0.300. The number of carbonyl (C=O) groups is 2. The Morgan fingerprint density at radius 2 is 2.10 bits per heavy atom. The summed E-state index contributed by atoms with van der Waals surface area (Å²) in [5.74, 6) is -1.26. The van der Waals surface area contributed by atoms with E-state index in [0.29, 0.717) is 0 Å². The molecule has 0 aliphatic heterocycles. The van der Waals surface area contributed by atoms with Crippen molar-refractivity contribution in [3.63, 3.8) is 0 Å². The van der Waals surface area contributed by atoms with Crippen molar-refractivity contribution in [1.29, 1.82) is 0 Å². The van der Waals surface area contributed by atoms with E-state index in [-0.39, 0.29) is 42.7 Å². The molecule has 10 heavy (non-hydrogen) atoms. The number of nitrogens with zero attached hydrogens (tertiary/aromatic N) is 1. The fourth-order valence-corrected chi connectivity index (χ4v) is 0.146. The Labute approximate surface area is 79.8 Å². The first-order chi connectivity index (χ1) is 3.68. The second-order valence-corrected chi connectivity index (χ2v) is 1.02. The monoisotopic (exact) mass is 159 g/mol. The summed E-state index contributed by atoms with van der Waals surface area (Å²) in [6.07, 6.45) is -0.432. The van der Waals surface area contributed by atoms with E-state index in [1.807, 2.05) is 0 Å². The first kappa shape index (κ1) is 16.4. The Bertz CT molecular complexity index is 140. The summed E-state index contributed by atoms with van der Waals surface area (Å²) < 4.78 is 0. The van der Waals surface area contributed by atoms with Crippen molar-refractivity contribution in [3.8, 4) is 0 Å². The third-order valence-electron chi connectivity index (χ3n) is 0.462. The van der Waals surface area contributed by atoms with Crippen LogP contribution in [0.15, 0.2) is 0 Å². The van der Waals surface area contributed by atoms with Gasteiger partial charge in [0.25, 0.3) is 0 Å². The van der Waals surface area contributed by atoms with E-state index in [2.05, 4.69) is 0 Å². The number of amides is 1. The summed E-state index contributed by atoms with van der Waals surface area (Å²) in [6, 6.07) is 0. The van der Waals surface area contributed by atoms with Crippen molar-refractivity contribution in [2.45, 2.75) is 6.42 Å². The van der Waals surface area contributed by atoms with Crippen molar-refractivity contribution in [3.05, 3.63) is 10.1 Å². The van der Waals surface area contributed by atoms with Gasteiger partial charge in [-0.15, -0.1) is 0 Å². The van der Waals surface area contributed by atoms with Crippen LogP contribution in [-0.4, -0.2) is 22.6 Å². The number of carbonyl (C=O) groups excluding carboxylic acids is 2. The van der Waals surface area contributed by atoms with Crippen LogP contribution in [0.1, 0.15) is 7.85 Å². The molecule has 0 aromatic rings. The predicted molar refractivity (Wildman–Crippen MR) is 27.4 cm³/mol. The molecule has 0 fully saturated rings. The van der Waals surface area contributed by atoms with Gasteiger partial charge in [0.1, 0.15) is 17.6 Å². The van der Waals surface area contributed by atoms with E-state index in [1.165, 1.54) is 0 Å². The van der Waals surface area contributed by atoms with Crippen molar-refractivity contribution in [2.75, 3.05) is 0 Å². The molecule has 0 saturated carbocycles. The number of hydrogen-bond donors (Lipinski definition) is 0. The van der Waals surface area contributed by atoms with Crippen LogP contribution in [-0.2, 0) is 9.59 Å². The fourth-order valence-electron chi connectivity index (χ4n) is 0.146. The maximum Gasteiger partial charge on any atom is 1.00 e. The molecule has 0 saturated heterocycles. The van der Waals surface area contributed by atoms with Gasteiger partial charge in [-0.1, -0.05) is 0 Å². The molecule has 0 bridgehead atoms. The van der Waals surface area contributed by atoms with Gasteiger partial charge in [-0.2, -0.15) is 0 Å². The first-order valence-corrected chi connectivity index (χ1v) is 1.79. The standard InChI is InChI=1S/C3H3NO4.Na.H2O.H/c5-2-1-3(6)4(7)8;;;/h2H,1H2;;1H2;/q;+1;;-1. The fraction of sp³-hybridized carbons (Fsp3) is 0.333. The maximum atomic E-state index is 9.81. The average molecular weight is 159 g/mol. The van der Waals surface area contributed by atoms with Crippen molar-refractivity contribution in [1.82, 2.24) is 0 Å². The van der Waals surface area contributed by atoms with Gasteiger partial charge in [0.05, 0.1) is 0 Å². The summed E-state index contributed by atoms with van der Waals surface area (Å²) in [7, 11) is 0. The summed E-state index contributed by atoms with van der Waals surface area (Å²) >= 11 is 0. The number of rotatable bonds is 2. The van der Waals surface area contributed by atoms with Gasteiger partial charge in [-0.3, -0.25) is 10.1 Å². The van der Waals surface area contributed by atoms with E-state index in [9.17, 15) is 19.7 Å². The molecule has 6 nitrogen and oxygen atoms in total. The second-order valence-electron chi connectivity index (χ2n) is 1.02. The average Bonchev–Trinajstić information content (AvgIpc) is 1.67. The van der Waals surface area contributed by atoms with Crippen molar-refractivity contribution < 1.29 is 51.0 Å². The molecule has 0 rings (SSSR count). The quantitative estimate of drug-likeness (QED) is 0.133. The van der Waals surface area contributed by atoms with Gasteiger partial charge in [-0.25, -0.2) is 4.79 Å². The molecule has 0 heterocycles. The van der Waals surface area contributed by atoms with E-state index < -0.39 is 17.3 Å². The molecular weight excluding hydrogens is 153 g/mol. The van der Waals surface area contributed by atoms with Gasteiger partial charge in [0, 0.05) is 0 Å². The zero-order valence-electron chi connectivity index (χ0n) is 6.36. The smallest absolute Gasteiger partial charge is 1.00 e. The molecule has 0 aromatic carbocycles. The summed E-state index contributed by atoms with van der Waals surface area (Å²) in [5, 5.41) is 9.39. The van der Waals surface area contributed by atoms with Gasteiger partial charge in [-0.05, 0) is 0 Å². The largest absolute Gasteiger partial charge is 1.00 e. The molecule has 2 N–H and O–H groups in total. The second kappa shape index (κ2) is 8.70.